The summed E-state index contributed by atoms with van der Waals surface area (Å²) < 4.78 is 6.93. The SMILES string of the molecule is C=C(/C=C(C)\C(CNC(=O)c1cnn(Cc2ccc(CCl)cc2)c1)=C(\C)N)NC(=O)OC(C)(C)C. The van der Waals surface area contributed by atoms with Gasteiger partial charge in [0.05, 0.1) is 18.3 Å². The number of rotatable bonds is 9. The molecule has 2 rings (SSSR count). The maximum atomic E-state index is 12.7. The summed E-state index contributed by atoms with van der Waals surface area (Å²) in [5.74, 6) is 0.194. The van der Waals surface area contributed by atoms with Gasteiger partial charge in [0.1, 0.15) is 5.60 Å². The number of nitrogens with zero attached hydrogens (tertiary/aromatic N) is 2. The number of amides is 2. The molecule has 0 fully saturated rings. The summed E-state index contributed by atoms with van der Waals surface area (Å²) in [5.41, 5.74) is 10.3. The number of nitrogens with two attached hydrogens (primary N) is 1. The fraction of sp³-hybridized carbons (Fsp3) is 0.346. The fourth-order valence-corrected chi connectivity index (χ4v) is 3.35. The highest BCUT2D eigenvalue weighted by Crippen LogP contribution is 2.14. The Morgan fingerprint density at radius 2 is 1.83 bits per heavy atom. The molecular weight excluding hydrogens is 466 g/mol. The van der Waals surface area contributed by atoms with Crippen molar-refractivity contribution in [3.05, 3.63) is 88.5 Å². The van der Waals surface area contributed by atoms with E-state index in [-0.39, 0.29) is 12.5 Å². The first kappa shape index (κ1) is 27.7. The molecule has 0 aliphatic rings. The highest BCUT2D eigenvalue weighted by atomic mass is 35.5. The predicted molar refractivity (Wildman–Crippen MR) is 139 cm³/mol. The molecule has 0 aliphatic carbocycles. The zero-order valence-electron chi connectivity index (χ0n) is 20.9. The van der Waals surface area contributed by atoms with E-state index in [1.54, 1.807) is 44.6 Å². The number of benzene rings is 1. The van der Waals surface area contributed by atoms with E-state index in [2.05, 4.69) is 22.3 Å². The molecule has 0 saturated heterocycles. The Morgan fingerprint density at radius 1 is 1.20 bits per heavy atom. The molecule has 1 aromatic heterocycles. The lowest BCUT2D eigenvalue weighted by Gasteiger charge is -2.20. The summed E-state index contributed by atoms with van der Waals surface area (Å²) in [6, 6.07) is 7.91. The maximum absolute atomic E-state index is 12.7. The Hall–Kier alpha value is -3.52. The van der Waals surface area contributed by atoms with E-state index in [0.29, 0.717) is 29.4 Å². The molecule has 9 heteroatoms. The standard InChI is InChI=1S/C26H34ClN5O3/c1-17(11-18(2)31-25(34)35-26(4,5)6)23(19(3)28)14-29-24(33)22-13-30-32(16-22)15-21-9-7-20(12-27)8-10-21/h7-11,13,16H,2,12,14-15,28H2,1,3-6H3,(H,29,33)(H,31,34)/b17-11-,23-19-. The van der Waals surface area contributed by atoms with Gasteiger partial charge in [0, 0.05) is 30.0 Å². The highest BCUT2D eigenvalue weighted by Gasteiger charge is 2.16. The van der Waals surface area contributed by atoms with E-state index >= 15 is 0 Å². The van der Waals surface area contributed by atoms with Crippen LogP contribution in [-0.2, 0) is 17.2 Å². The topological polar surface area (TPSA) is 111 Å². The highest BCUT2D eigenvalue weighted by molar-refractivity contribution is 6.17. The van der Waals surface area contributed by atoms with E-state index < -0.39 is 11.7 Å². The van der Waals surface area contributed by atoms with Crippen LogP contribution in [0.1, 0.15) is 56.1 Å². The minimum Gasteiger partial charge on any atom is -0.444 e. The second-order valence-electron chi connectivity index (χ2n) is 9.20. The van der Waals surface area contributed by atoms with E-state index in [1.807, 2.05) is 31.2 Å². The van der Waals surface area contributed by atoms with Crippen LogP contribution in [0.25, 0.3) is 0 Å². The van der Waals surface area contributed by atoms with Crippen LogP contribution in [0.4, 0.5) is 4.79 Å². The van der Waals surface area contributed by atoms with Crippen LogP contribution in [0, 0.1) is 0 Å². The molecule has 4 N–H and O–H groups in total. The van der Waals surface area contributed by atoms with Crippen LogP contribution < -0.4 is 16.4 Å². The van der Waals surface area contributed by atoms with Gasteiger partial charge in [-0.05, 0) is 63.0 Å². The Kier molecular flexibility index (Phi) is 9.71. The van der Waals surface area contributed by atoms with E-state index in [4.69, 9.17) is 22.1 Å². The summed E-state index contributed by atoms with van der Waals surface area (Å²) in [6.45, 7) is 13.5. The Bertz CT molecular complexity index is 1120. The van der Waals surface area contributed by atoms with Crippen molar-refractivity contribution >= 4 is 23.6 Å². The van der Waals surface area contributed by atoms with Gasteiger partial charge in [0.25, 0.3) is 5.91 Å². The molecule has 188 valence electrons. The summed E-state index contributed by atoms with van der Waals surface area (Å²) >= 11 is 5.83. The van der Waals surface area contributed by atoms with Gasteiger partial charge in [-0.2, -0.15) is 5.10 Å². The third-order valence-electron chi connectivity index (χ3n) is 4.85. The van der Waals surface area contributed by atoms with Gasteiger partial charge in [-0.3, -0.25) is 14.8 Å². The average molecular weight is 500 g/mol. The number of ether oxygens (including phenoxy) is 1. The van der Waals surface area contributed by atoms with E-state index in [9.17, 15) is 9.59 Å². The average Bonchev–Trinajstić information content (AvgIpc) is 3.21. The molecule has 2 amide bonds. The number of carbonyl (C=O) groups is 2. The third kappa shape index (κ3) is 9.33. The normalized spacial score (nSPS) is 12.6. The van der Waals surface area contributed by atoms with Gasteiger partial charge in [0.2, 0.25) is 0 Å². The molecule has 0 atom stereocenters. The lowest BCUT2D eigenvalue weighted by molar-refractivity contribution is 0.0548. The molecule has 0 bridgehead atoms. The molecule has 0 radical (unpaired) electrons. The van der Waals surface area contributed by atoms with Crippen molar-refractivity contribution in [2.24, 2.45) is 5.73 Å². The molecule has 0 unspecified atom stereocenters. The number of hydrogen-bond donors (Lipinski definition) is 3. The lowest BCUT2D eigenvalue weighted by atomic mass is 10.0. The fourth-order valence-electron chi connectivity index (χ4n) is 3.17. The number of allylic oxidation sites excluding steroid dienone is 2. The smallest absolute Gasteiger partial charge is 0.412 e. The quantitative estimate of drug-likeness (QED) is 0.344. The molecule has 2 aromatic rings. The van der Waals surface area contributed by atoms with Crippen molar-refractivity contribution in [1.29, 1.82) is 0 Å². The summed E-state index contributed by atoms with van der Waals surface area (Å²) in [4.78, 5) is 24.6. The van der Waals surface area contributed by atoms with Crippen LogP contribution in [0.15, 0.2) is 71.9 Å². The molecular formula is C26H34ClN5O3. The molecule has 0 aliphatic heterocycles. The second kappa shape index (κ2) is 12.3. The zero-order chi connectivity index (χ0) is 26.2. The number of aromatic nitrogens is 2. The van der Waals surface area contributed by atoms with Crippen molar-refractivity contribution in [3.63, 3.8) is 0 Å². The van der Waals surface area contributed by atoms with Crippen molar-refractivity contribution in [2.45, 2.75) is 52.6 Å². The van der Waals surface area contributed by atoms with Crippen LogP contribution in [0.5, 0.6) is 0 Å². The second-order valence-corrected chi connectivity index (χ2v) is 9.47. The van der Waals surface area contributed by atoms with E-state index in [1.165, 1.54) is 6.20 Å². The molecule has 0 saturated carbocycles. The number of alkyl halides is 1. The first-order valence-electron chi connectivity index (χ1n) is 11.1. The third-order valence-corrected chi connectivity index (χ3v) is 5.16. The van der Waals surface area contributed by atoms with Gasteiger partial charge in [-0.1, -0.05) is 30.8 Å². The monoisotopic (exact) mass is 499 g/mol. The van der Waals surface area contributed by atoms with Crippen LogP contribution in [0.2, 0.25) is 0 Å². The molecule has 35 heavy (non-hydrogen) atoms. The number of carbonyl (C=O) groups excluding carboxylic acids is 2. The molecule has 1 aromatic carbocycles. The zero-order valence-corrected chi connectivity index (χ0v) is 21.7. The minimum absolute atomic E-state index is 0.203. The van der Waals surface area contributed by atoms with Gasteiger partial charge in [-0.15, -0.1) is 11.6 Å². The lowest BCUT2D eigenvalue weighted by Crippen LogP contribution is -2.31. The maximum Gasteiger partial charge on any atom is 0.412 e. The first-order valence-corrected chi connectivity index (χ1v) is 11.7. The van der Waals surface area contributed by atoms with Gasteiger partial charge >= 0.3 is 6.09 Å². The summed E-state index contributed by atoms with van der Waals surface area (Å²) in [6.07, 6.45) is 4.30. The number of halogens is 1. The number of nitrogens with one attached hydrogen (secondary N) is 2. The minimum atomic E-state index is -0.616. The first-order chi connectivity index (χ1) is 16.4. The van der Waals surface area contributed by atoms with Crippen LogP contribution in [-0.4, -0.2) is 33.9 Å². The van der Waals surface area contributed by atoms with Crippen molar-refractivity contribution < 1.29 is 14.3 Å². The van der Waals surface area contributed by atoms with E-state index in [0.717, 1.165) is 22.3 Å². The van der Waals surface area contributed by atoms with Gasteiger partial charge in [-0.25, -0.2) is 4.79 Å². The largest absolute Gasteiger partial charge is 0.444 e. The Labute approximate surface area is 211 Å². The van der Waals surface area contributed by atoms with Gasteiger partial charge in [0.15, 0.2) is 0 Å². The van der Waals surface area contributed by atoms with Crippen LogP contribution >= 0.6 is 11.6 Å². The van der Waals surface area contributed by atoms with Gasteiger partial charge < -0.3 is 15.8 Å². The summed E-state index contributed by atoms with van der Waals surface area (Å²) in [5, 5.41) is 9.73. The molecule has 8 nitrogen and oxygen atoms in total. The number of alkyl carbamates (subject to hydrolysis) is 1. The van der Waals surface area contributed by atoms with Crippen LogP contribution in [0.3, 0.4) is 0 Å². The van der Waals surface area contributed by atoms with Crippen molar-refractivity contribution in [2.75, 3.05) is 6.54 Å². The van der Waals surface area contributed by atoms with Crippen molar-refractivity contribution in [3.8, 4) is 0 Å². The van der Waals surface area contributed by atoms with Crippen molar-refractivity contribution in [1.82, 2.24) is 20.4 Å². The summed E-state index contributed by atoms with van der Waals surface area (Å²) in [7, 11) is 0. The number of hydrogen-bond acceptors (Lipinski definition) is 5. The Morgan fingerprint density at radius 3 is 2.40 bits per heavy atom. The molecule has 0 spiro atoms. The predicted octanol–water partition coefficient (Wildman–Crippen LogP) is 4.62. The molecule has 1 heterocycles. The Balaban J connectivity index is 1.97.